The average molecular weight is 517 g/mol. The first-order valence-electron chi connectivity index (χ1n) is 10.3. The van der Waals surface area contributed by atoms with E-state index in [0.29, 0.717) is 5.92 Å². The van der Waals surface area contributed by atoms with Crippen molar-refractivity contribution in [3.63, 3.8) is 0 Å². The summed E-state index contributed by atoms with van der Waals surface area (Å²) in [6.07, 6.45) is 3.53. The first-order chi connectivity index (χ1) is 13.6. The second kappa shape index (κ2) is 8.78. The summed E-state index contributed by atoms with van der Waals surface area (Å²) < 4.78 is 0. The van der Waals surface area contributed by atoms with Crippen LogP contribution in [-0.2, 0) is 21.7 Å². The fourth-order valence-electron chi connectivity index (χ4n) is 5.53. The topological polar surface area (TPSA) is 0 Å². The minimum Gasteiger partial charge on any atom is -1.00 e. The zero-order chi connectivity index (χ0) is 19.0. The summed E-state index contributed by atoms with van der Waals surface area (Å²) in [7, 11) is -1.95. The van der Waals surface area contributed by atoms with Crippen molar-refractivity contribution in [2.45, 2.75) is 32.2 Å². The maximum atomic E-state index is 7.36. The second-order valence-corrected chi connectivity index (χ2v) is 13.5. The van der Waals surface area contributed by atoms with E-state index in [4.69, 9.17) is 11.1 Å². The molecule has 155 valence electrons. The van der Waals surface area contributed by atoms with Crippen LogP contribution in [0.2, 0.25) is 6.04 Å². The summed E-state index contributed by atoms with van der Waals surface area (Å²) in [4.78, 5) is 0. The van der Waals surface area contributed by atoms with Gasteiger partial charge in [0.05, 0.1) is 0 Å². The quantitative estimate of drug-likeness (QED) is 0.209. The van der Waals surface area contributed by atoms with Gasteiger partial charge in [-0.25, -0.2) is 0 Å². The van der Waals surface area contributed by atoms with Crippen LogP contribution in [0, 0.1) is 0 Å². The van der Waals surface area contributed by atoms with Gasteiger partial charge in [0, 0.05) is 5.92 Å². The molecule has 1 aliphatic carbocycles. The van der Waals surface area contributed by atoms with Crippen LogP contribution in [-0.4, -0.2) is 7.38 Å². The molecule has 0 fully saturated rings. The molecule has 4 aromatic carbocycles. The molecule has 2 unspecified atom stereocenters. The van der Waals surface area contributed by atoms with E-state index in [2.05, 4.69) is 80.6 Å². The normalized spacial score (nSPS) is 20.2. The van der Waals surface area contributed by atoms with E-state index in [9.17, 15) is 0 Å². The van der Waals surface area contributed by atoms with Gasteiger partial charge in [-0.2, -0.15) is 11.1 Å². The summed E-state index contributed by atoms with van der Waals surface area (Å²) in [5.74, 6) is 0.343. The number of hydrogen-bond acceptors (Lipinski definition) is 0. The van der Waals surface area contributed by atoms with E-state index in [1.807, 2.05) is 0 Å². The van der Waals surface area contributed by atoms with E-state index in [0.717, 1.165) is 12.5 Å². The van der Waals surface area contributed by atoms with Crippen molar-refractivity contribution < 1.29 is 46.5 Å². The number of hydrogen-bond donors (Lipinski definition) is 0. The van der Waals surface area contributed by atoms with Crippen molar-refractivity contribution >= 4 is 56.5 Å². The van der Waals surface area contributed by atoms with Crippen LogP contribution in [0.3, 0.4) is 0 Å². The number of allylic oxidation sites excluding steroid dienone is 1. The predicted octanol–water partition coefficient (Wildman–Crippen LogP) is 0.288. The summed E-state index contributed by atoms with van der Waals surface area (Å²) in [5.41, 5.74) is 5.76. The average Bonchev–Trinajstić information content (AvgIpc) is 3.00. The van der Waals surface area contributed by atoms with Crippen molar-refractivity contribution in [1.82, 2.24) is 0 Å². The van der Waals surface area contributed by atoms with Crippen LogP contribution in [0.1, 0.15) is 42.9 Å². The van der Waals surface area contributed by atoms with Gasteiger partial charge < -0.3 is 24.8 Å². The van der Waals surface area contributed by atoms with Crippen LogP contribution >= 0.6 is 11.1 Å². The van der Waals surface area contributed by atoms with Crippen LogP contribution in [0.5, 0.6) is 0 Å². The Hall–Kier alpha value is -0.929. The minimum atomic E-state index is -1.95. The van der Waals surface area contributed by atoms with Crippen molar-refractivity contribution in [2.24, 2.45) is 0 Å². The summed E-state index contributed by atoms with van der Waals surface area (Å²) in [6.45, 7) is 4.55. The Morgan fingerprint density at radius 2 is 1.71 bits per heavy atom. The third kappa shape index (κ3) is 3.41. The first kappa shape index (κ1) is 24.7. The molecule has 0 amide bonds. The molecule has 0 spiro atoms. The Labute approximate surface area is 216 Å². The third-order valence-corrected chi connectivity index (χ3v) is 12.0. The molecule has 0 aromatic heterocycles. The maximum absolute atomic E-state index is 7.36. The molecule has 2 atom stereocenters. The zero-order valence-electron chi connectivity index (χ0n) is 17.5. The van der Waals surface area contributed by atoms with Crippen molar-refractivity contribution in [3.8, 4) is 0 Å². The van der Waals surface area contributed by atoms with E-state index in [1.54, 1.807) is 0 Å². The molecule has 6 rings (SSSR count). The van der Waals surface area contributed by atoms with E-state index < -0.39 is 7.38 Å². The molecule has 0 N–H and O–H groups in total. The Balaban J connectivity index is 0.000000907. The maximum Gasteiger partial charge on any atom is 3.00 e. The van der Waals surface area contributed by atoms with Gasteiger partial charge >= 0.3 is 21.7 Å². The van der Waals surface area contributed by atoms with Gasteiger partial charge in [-0.1, -0.05) is 89.5 Å². The monoisotopic (exact) mass is 515 g/mol. The molecular formula is C26H22Cl3SiTi. The van der Waals surface area contributed by atoms with Gasteiger partial charge in [-0.05, 0) is 24.1 Å². The Morgan fingerprint density at radius 3 is 2.48 bits per heavy atom. The Kier molecular flexibility index (Phi) is 7.00. The summed E-state index contributed by atoms with van der Waals surface area (Å²) >= 11 is 7.36. The van der Waals surface area contributed by atoms with Crippen LogP contribution < -0.4 is 35.2 Å². The van der Waals surface area contributed by atoms with Gasteiger partial charge in [0.1, 0.15) is 0 Å². The first-order valence-corrected chi connectivity index (χ1v) is 13.5. The third-order valence-electron chi connectivity index (χ3n) is 6.75. The molecule has 1 heterocycles. The largest absolute Gasteiger partial charge is 3.00 e. The van der Waals surface area contributed by atoms with Crippen LogP contribution in [0.25, 0.3) is 27.6 Å². The zero-order valence-corrected chi connectivity index (χ0v) is 22.3. The van der Waals surface area contributed by atoms with Crippen molar-refractivity contribution in [1.29, 1.82) is 0 Å². The molecule has 0 bridgehead atoms. The number of fused-ring (bicyclic) bond motifs is 5. The smallest absolute Gasteiger partial charge is 1.00 e. The standard InChI is InChI=1S/C26H22ClSi.2ClH.Ti/c1-3-12-28(27)23-15-21-19-10-6-4-9-18(19)14-22(21)25(26(23)28)24-16(2)13-17-8-5-7-11-20(17)24;;;/h4-11,13-15,24H,3,12H2,1-2H3;2*1H;/q-1;;;+3/p-2. The fraction of sp³-hybridized carbons (Fsp3) is 0.192. The van der Waals surface area contributed by atoms with Crippen LogP contribution in [0.15, 0.2) is 66.2 Å². The fourth-order valence-corrected chi connectivity index (χ4v) is 10.8. The molecule has 0 nitrogen and oxygen atoms in total. The van der Waals surface area contributed by atoms with Crippen LogP contribution in [0.4, 0.5) is 0 Å². The number of benzene rings is 3. The van der Waals surface area contributed by atoms with Gasteiger partial charge in [0.2, 0.25) is 7.38 Å². The summed E-state index contributed by atoms with van der Waals surface area (Å²) in [5, 5.41) is 8.55. The van der Waals surface area contributed by atoms with Crippen molar-refractivity contribution in [2.75, 3.05) is 0 Å². The van der Waals surface area contributed by atoms with Gasteiger partial charge in [0.25, 0.3) is 0 Å². The summed E-state index contributed by atoms with van der Waals surface area (Å²) in [6, 6.07) is 23.7. The molecule has 1 aliphatic heterocycles. The Bertz CT molecular complexity index is 1320. The minimum absolute atomic E-state index is 0. The Morgan fingerprint density at radius 1 is 1.00 bits per heavy atom. The molecule has 4 aromatic rings. The number of rotatable bonds is 3. The second-order valence-electron chi connectivity index (χ2n) is 8.41. The van der Waals surface area contributed by atoms with E-state index in [1.165, 1.54) is 54.2 Å². The van der Waals surface area contributed by atoms with Gasteiger partial charge in [0.15, 0.2) is 0 Å². The molecule has 0 saturated carbocycles. The van der Waals surface area contributed by atoms with E-state index >= 15 is 0 Å². The molecule has 1 radical (unpaired) electrons. The molecule has 5 heteroatoms. The van der Waals surface area contributed by atoms with Crippen molar-refractivity contribution in [3.05, 3.63) is 82.9 Å². The molecular weight excluding hydrogens is 495 g/mol. The SMILES string of the molecule is CCC[Si]1(Cl)c2cc3c([cH-]c4ccccc43)c(C3C(C)=Cc4ccccc43)c21.[Cl-].[Cl-].[Ti+3]. The predicted molar refractivity (Wildman–Crippen MR) is 125 cm³/mol. The molecule has 2 aliphatic rings. The van der Waals surface area contributed by atoms with Gasteiger partial charge in [-0.15, -0.1) is 33.7 Å². The molecule has 31 heavy (non-hydrogen) atoms. The van der Waals surface area contributed by atoms with Gasteiger partial charge in [-0.3, -0.25) is 0 Å². The number of halogens is 3. The van der Waals surface area contributed by atoms with E-state index in [-0.39, 0.29) is 46.5 Å². The molecule has 0 saturated heterocycles.